The predicted octanol–water partition coefficient (Wildman–Crippen LogP) is 0.575. The lowest BCUT2D eigenvalue weighted by Crippen LogP contribution is -2.26. The van der Waals surface area contributed by atoms with Crippen molar-refractivity contribution in [1.29, 1.82) is 0 Å². The van der Waals surface area contributed by atoms with Crippen molar-refractivity contribution in [1.82, 2.24) is 20.3 Å². The van der Waals surface area contributed by atoms with Gasteiger partial charge in [-0.2, -0.15) is 0 Å². The number of nitrogens with zero attached hydrogens (tertiary/aromatic N) is 3. The third-order valence-corrected chi connectivity index (χ3v) is 4.26. The summed E-state index contributed by atoms with van der Waals surface area (Å²) in [6.07, 6.45) is 4.20. The van der Waals surface area contributed by atoms with Crippen molar-refractivity contribution in [2.24, 2.45) is 0 Å². The fourth-order valence-corrected chi connectivity index (χ4v) is 3.24. The highest BCUT2D eigenvalue weighted by Crippen LogP contribution is 2.34. The highest BCUT2D eigenvalue weighted by atomic mass is 16.5. The highest BCUT2D eigenvalue weighted by Gasteiger charge is 2.35. The van der Waals surface area contributed by atoms with Crippen molar-refractivity contribution in [3.05, 3.63) is 11.4 Å². The molecule has 1 saturated heterocycles. The molecule has 1 aromatic heterocycles. The molecule has 2 fully saturated rings. The molecule has 3 unspecified atom stereocenters. The summed E-state index contributed by atoms with van der Waals surface area (Å²) in [4.78, 5) is 11.9. The Bertz CT molecular complexity index is 496. The molecule has 20 heavy (non-hydrogen) atoms. The number of aliphatic hydroxyl groups is 1. The minimum absolute atomic E-state index is 0.0619. The molecule has 1 aromatic rings. The topological polar surface area (TPSA) is 89.3 Å². The standard InChI is InChI=1S/C13H20N4O3/c1-20-13(19)11-12(8-4-3-7-14-8)17(16-15-11)9-5-2-6-10(9)18/h8-10,14,18H,2-7H2,1H3. The minimum atomic E-state index is -0.465. The lowest BCUT2D eigenvalue weighted by atomic mass is 10.1. The van der Waals surface area contributed by atoms with Gasteiger partial charge < -0.3 is 15.2 Å². The molecule has 110 valence electrons. The van der Waals surface area contributed by atoms with E-state index in [0.717, 1.165) is 44.3 Å². The van der Waals surface area contributed by atoms with E-state index < -0.39 is 12.1 Å². The smallest absolute Gasteiger partial charge is 0.360 e. The number of hydrogen-bond acceptors (Lipinski definition) is 6. The second-order valence-corrected chi connectivity index (χ2v) is 5.47. The Kier molecular flexibility index (Phi) is 3.71. The number of nitrogens with one attached hydrogen (secondary N) is 1. The van der Waals surface area contributed by atoms with E-state index in [1.165, 1.54) is 7.11 Å². The SMILES string of the molecule is COC(=O)c1nnn(C2CCCC2O)c1C1CCCN1. The number of aliphatic hydroxyl groups excluding tert-OH is 1. The summed E-state index contributed by atoms with van der Waals surface area (Å²) in [5.74, 6) is -0.465. The number of methoxy groups -OCH3 is 1. The summed E-state index contributed by atoms with van der Waals surface area (Å²) in [6, 6.07) is -0.0230. The maximum Gasteiger partial charge on any atom is 0.360 e. The summed E-state index contributed by atoms with van der Waals surface area (Å²) in [5.41, 5.74) is 1.03. The molecule has 7 heteroatoms. The molecule has 1 aliphatic heterocycles. The molecule has 1 aliphatic carbocycles. The van der Waals surface area contributed by atoms with Gasteiger partial charge in [-0.25, -0.2) is 9.48 Å². The number of aromatic nitrogens is 3. The monoisotopic (exact) mass is 280 g/mol. The van der Waals surface area contributed by atoms with Crippen molar-refractivity contribution >= 4 is 5.97 Å². The molecular weight excluding hydrogens is 260 g/mol. The molecule has 2 N–H and O–H groups in total. The molecule has 0 spiro atoms. The number of ether oxygens (including phenoxy) is 1. The fourth-order valence-electron chi connectivity index (χ4n) is 3.24. The summed E-state index contributed by atoms with van der Waals surface area (Å²) >= 11 is 0. The normalized spacial score (nSPS) is 29.8. The van der Waals surface area contributed by atoms with Crippen LogP contribution in [0.3, 0.4) is 0 Å². The number of hydrogen-bond donors (Lipinski definition) is 2. The zero-order valence-electron chi connectivity index (χ0n) is 11.6. The van der Waals surface area contributed by atoms with E-state index in [4.69, 9.17) is 4.74 Å². The molecule has 0 radical (unpaired) electrons. The van der Waals surface area contributed by atoms with E-state index in [1.54, 1.807) is 4.68 Å². The Morgan fingerprint density at radius 1 is 1.40 bits per heavy atom. The zero-order chi connectivity index (χ0) is 14.1. The van der Waals surface area contributed by atoms with Crippen molar-refractivity contribution in [3.8, 4) is 0 Å². The Labute approximate surface area is 117 Å². The Morgan fingerprint density at radius 2 is 2.25 bits per heavy atom. The maximum atomic E-state index is 11.9. The van der Waals surface area contributed by atoms with Crippen LogP contribution in [0.1, 0.15) is 60.4 Å². The van der Waals surface area contributed by atoms with Gasteiger partial charge in [-0.15, -0.1) is 5.10 Å². The zero-order valence-corrected chi connectivity index (χ0v) is 11.6. The van der Waals surface area contributed by atoms with Crippen LogP contribution in [0.5, 0.6) is 0 Å². The molecule has 2 heterocycles. The molecule has 0 amide bonds. The van der Waals surface area contributed by atoms with Crippen LogP contribution in [-0.4, -0.2) is 45.8 Å². The van der Waals surface area contributed by atoms with Gasteiger partial charge in [0.1, 0.15) is 0 Å². The first-order chi connectivity index (χ1) is 9.72. The Morgan fingerprint density at radius 3 is 2.85 bits per heavy atom. The first-order valence-corrected chi connectivity index (χ1v) is 7.17. The third-order valence-electron chi connectivity index (χ3n) is 4.26. The van der Waals surface area contributed by atoms with E-state index in [1.807, 2.05) is 0 Å². The van der Waals surface area contributed by atoms with Gasteiger partial charge in [-0.3, -0.25) is 0 Å². The average molecular weight is 280 g/mol. The molecule has 7 nitrogen and oxygen atoms in total. The number of rotatable bonds is 3. The van der Waals surface area contributed by atoms with Crippen LogP contribution in [0.4, 0.5) is 0 Å². The average Bonchev–Trinajstić information content (AvgIpc) is 3.16. The maximum absolute atomic E-state index is 11.9. The Balaban J connectivity index is 2.00. The fraction of sp³-hybridized carbons (Fsp3) is 0.769. The van der Waals surface area contributed by atoms with E-state index >= 15 is 0 Å². The summed E-state index contributed by atoms with van der Waals surface area (Å²) < 4.78 is 6.54. The van der Waals surface area contributed by atoms with Gasteiger partial charge in [-0.1, -0.05) is 5.21 Å². The van der Waals surface area contributed by atoms with Gasteiger partial charge in [-0.05, 0) is 38.6 Å². The van der Waals surface area contributed by atoms with Crippen LogP contribution in [0.15, 0.2) is 0 Å². The summed E-state index contributed by atoms with van der Waals surface area (Å²) in [5, 5.41) is 21.6. The molecule has 2 aliphatic rings. The molecular formula is C13H20N4O3. The molecule has 1 saturated carbocycles. The first kappa shape index (κ1) is 13.5. The molecule has 0 aromatic carbocycles. The van der Waals surface area contributed by atoms with Crippen molar-refractivity contribution < 1.29 is 14.6 Å². The molecule has 0 bridgehead atoms. The van der Waals surface area contributed by atoms with Gasteiger partial charge in [0.05, 0.1) is 31.0 Å². The van der Waals surface area contributed by atoms with Crippen molar-refractivity contribution in [3.63, 3.8) is 0 Å². The lowest BCUT2D eigenvalue weighted by molar-refractivity contribution is 0.0591. The lowest BCUT2D eigenvalue weighted by Gasteiger charge is -2.20. The van der Waals surface area contributed by atoms with E-state index in [0.29, 0.717) is 0 Å². The van der Waals surface area contributed by atoms with Gasteiger partial charge >= 0.3 is 5.97 Å². The second kappa shape index (κ2) is 5.49. The van der Waals surface area contributed by atoms with Gasteiger partial charge in [0, 0.05) is 0 Å². The quantitative estimate of drug-likeness (QED) is 0.787. The Hall–Kier alpha value is -1.47. The van der Waals surface area contributed by atoms with Gasteiger partial charge in [0.25, 0.3) is 0 Å². The van der Waals surface area contributed by atoms with Gasteiger partial charge in [0.2, 0.25) is 0 Å². The number of esters is 1. The summed E-state index contributed by atoms with van der Waals surface area (Å²) in [6.45, 7) is 0.920. The van der Waals surface area contributed by atoms with Crippen LogP contribution in [0.25, 0.3) is 0 Å². The minimum Gasteiger partial charge on any atom is -0.464 e. The largest absolute Gasteiger partial charge is 0.464 e. The number of carbonyl (C=O) groups is 1. The number of carbonyl (C=O) groups excluding carboxylic acids is 1. The third kappa shape index (κ3) is 2.20. The van der Waals surface area contributed by atoms with Gasteiger partial charge in [0.15, 0.2) is 5.69 Å². The molecule has 3 atom stereocenters. The predicted molar refractivity (Wildman–Crippen MR) is 70.2 cm³/mol. The first-order valence-electron chi connectivity index (χ1n) is 7.17. The highest BCUT2D eigenvalue weighted by molar-refractivity contribution is 5.88. The summed E-state index contributed by atoms with van der Waals surface area (Å²) in [7, 11) is 1.34. The van der Waals surface area contributed by atoms with Crippen LogP contribution in [0.2, 0.25) is 0 Å². The van der Waals surface area contributed by atoms with Crippen LogP contribution < -0.4 is 5.32 Å². The molecule has 3 rings (SSSR count). The van der Waals surface area contributed by atoms with Crippen molar-refractivity contribution in [2.45, 2.75) is 50.3 Å². The van der Waals surface area contributed by atoms with Crippen LogP contribution in [-0.2, 0) is 4.74 Å². The van der Waals surface area contributed by atoms with Crippen molar-refractivity contribution in [2.75, 3.05) is 13.7 Å². The van der Waals surface area contributed by atoms with E-state index in [9.17, 15) is 9.90 Å². The van der Waals surface area contributed by atoms with E-state index in [2.05, 4.69) is 15.6 Å². The second-order valence-electron chi connectivity index (χ2n) is 5.47. The van der Waals surface area contributed by atoms with Crippen LogP contribution >= 0.6 is 0 Å². The van der Waals surface area contributed by atoms with E-state index in [-0.39, 0.29) is 17.8 Å². The van der Waals surface area contributed by atoms with Crippen LogP contribution in [0, 0.1) is 0 Å².